The Bertz CT molecular complexity index is 1000. The Hall–Kier alpha value is -2.51. The molecule has 0 bridgehead atoms. The molecule has 2 aromatic rings. The lowest BCUT2D eigenvalue weighted by atomic mass is 9.86. The van der Waals surface area contributed by atoms with Gasteiger partial charge in [0.15, 0.2) is 0 Å². The number of likely N-dealkylation sites (tertiary alicyclic amines) is 2. The summed E-state index contributed by atoms with van der Waals surface area (Å²) in [5, 5.41) is 10.0. The molecule has 2 aliphatic heterocycles. The normalized spacial score (nSPS) is 20.5. The number of carboxylic acids is 1. The van der Waals surface area contributed by atoms with Gasteiger partial charge in [-0.25, -0.2) is 8.78 Å². The second-order valence-electron chi connectivity index (χ2n) is 10.3. The smallest absolute Gasteiger partial charge is 0.324 e. The van der Waals surface area contributed by atoms with Crippen LogP contribution in [-0.4, -0.2) is 65.2 Å². The van der Waals surface area contributed by atoms with Gasteiger partial charge in [0.2, 0.25) is 0 Å². The maximum absolute atomic E-state index is 13.3. The summed E-state index contributed by atoms with van der Waals surface area (Å²) in [6.07, 6.45) is 4.35. The topological polar surface area (TPSA) is 53.0 Å². The molecule has 0 aromatic heterocycles. The number of ether oxygens (including phenoxy) is 1. The lowest BCUT2D eigenvalue weighted by molar-refractivity contribution is -0.151. The molecule has 2 heterocycles. The maximum Gasteiger partial charge on any atom is 0.324 e. The van der Waals surface area contributed by atoms with E-state index in [1.165, 1.54) is 24.3 Å². The van der Waals surface area contributed by atoms with E-state index in [0.29, 0.717) is 12.3 Å². The van der Waals surface area contributed by atoms with Crippen molar-refractivity contribution in [3.05, 3.63) is 65.2 Å². The van der Waals surface area contributed by atoms with Crippen molar-refractivity contribution < 1.29 is 23.4 Å². The van der Waals surface area contributed by atoms with Crippen LogP contribution in [0.3, 0.4) is 0 Å². The summed E-state index contributed by atoms with van der Waals surface area (Å²) < 4.78 is 32.7. The van der Waals surface area contributed by atoms with Crippen molar-refractivity contribution in [3.63, 3.8) is 0 Å². The molecule has 2 aliphatic rings. The lowest BCUT2D eigenvalue weighted by Crippen LogP contribution is -2.57. The first-order valence-corrected chi connectivity index (χ1v) is 12.6. The third-order valence-corrected chi connectivity index (χ3v) is 7.72. The van der Waals surface area contributed by atoms with E-state index < -0.39 is 11.5 Å². The van der Waals surface area contributed by atoms with Gasteiger partial charge >= 0.3 is 5.97 Å². The minimum Gasteiger partial charge on any atom is -0.490 e. The minimum absolute atomic E-state index is 0.153. The molecule has 35 heavy (non-hydrogen) atoms. The van der Waals surface area contributed by atoms with Crippen LogP contribution in [0.1, 0.15) is 43.7 Å². The molecule has 1 N–H and O–H groups in total. The number of benzene rings is 2. The molecule has 0 spiro atoms. The highest BCUT2D eigenvalue weighted by atomic mass is 19.1. The quantitative estimate of drug-likeness (QED) is 0.574. The summed E-state index contributed by atoms with van der Waals surface area (Å²) in [5.74, 6) is -0.0763. The summed E-state index contributed by atoms with van der Waals surface area (Å²) >= 11 is 0. The average Bonchev–Trinajstić information content (AvgIpc) is 2.84. The van der Waals surface area contributed by atoms with Crippen LogP contribution in [0.5, 0.6) is 5.75 Å². The molecule has 5 nitrogen and oxygen atoms in total. The van der Waals surface area contributed by atoms with Gasteiger partial charge in [0, 0.05) is 26.1 Å². The van der Waals surface area contributed by atoms with Crippen molar-refractivity contribution in [1.82, 2.24) is 9.80 Å². The van der Waals surface area contributed by atoms with Gasteiger partial charge in [-0.05, 0) is 100.0 Å². The van der Waals surface area contributed by atoms with Gasteiger partial charge in [-0.2, -0.15) is 0 Å². The number of nitrogens with zero attached hydrogens (tertiary/aromatic N) is 2. The van der Waals surface area contributed by atoms with Gasteiger partial charge in [-0.3, -0.25) is 9.69 Å². The largest absolute Gasteiger partial charge is 0.490 e. The van der Waals surface area contributed by atoms with Crippen LogP contribution in [0.2, 0.25) is 0 Å². The van der Waals surface area contributed by atoms with Crippen LogP contribution in [0.15, 0.2) is 42.5 Å². The van der Waals surface area contributed by atoms with Crippen molar-refractivity contribution in [2.45, 2.75) is 57.6 Å². The van der Waals surface area contributed by atoms with E-state index in [2.05, 4.69) is 9.80 Å². The molecule has 7 heteroatoms. The van der Waals surface area contributed by atoms with E-state index in [1.54, 1.807) is 25.1 Å². The maximum atomic E-state index is 13.3. The molecular weight excluding hydrogens is 450 g/mol. The molecule has 0 aliphatic carbocycles. The first-order valence-electron chi connectivity index (χ1n) is 12.6. The number of rotatable bonds is 8. The summed E-state index contributed by atoms with van der Waals surface area (Å²) in [6.45, 7) is 8.13. The Kier molecular flexibility index (Phi) is 8.07. The zero-order valence-corrected chi connectivity index (χ0v) is 20.7. The van der Waals surface area contributed by atoms with Gasteiger partial charge in [0.05, 0.1) is 0 Å². The highest BCUT2D eigenvalue weighted by Crippen LogP contribution is 2.29. The van der Waals surface area contributed by atoms with Crippen molar-refractivity contribution in [3.8, 4) is 5.75 Å². The molecule has 0 radical (unpaired) electrons. The fourth-order valence-electron chi connectivity index (χ4n) is 5.43. The Morgan fingerprint density at radius 2 is 1.63 bits per heavy atom. The van der Waals surface area contributed by atoms with Gasteiger partial charge in [0.25, 0.3) is 0 Å². The van der Waals surface area contributed by atoms with Crippen LogP contribution in [0.4, 0.5) is 8.78 Å². The van der Waals surface area contributed by atoms with Crippen molar-refractivity contribution in [2.75, 3.05) is 32.7 Å². The number of carboxylic acid groups (broad SMARTS) is 1. The average molecular weight is 487 g/mol. The standard InChI is InChI=1S/C28H36F2N2O3/c1-20-17-24(30)7-8-26(20)35-25-11-13-31(14-12-25)19-22-9-15-32(16-10-22)28(2,27(33)34)18-21-3-5-23(29)6-4-21/h3-8,17,22,25H,9-16,18-19H2,1-2H3,(H,33,34). The number of aliphatic carboxylic acids is 1. The Morgan fingerprint density at radius 1 is 1.00 bits per heavy atom. The molecule has 0 amide bonds. The van der Waals surface area contributed by atoms with Crippen LogP contribution in [-0.2, 0) is 11.2 Å². The van der Waals surface area contributed by atoms with E-state index >= 15 is 0 Å². The highest BCUT2D eigenvalue weighted by molar-refractivity contribution is 5.78. The summed E-state index contributed by atoms with van der Waals surface area (Å²) in [7, 11) is 0. The van der Waals surface area contributed by atoms with Gasteiger partial charge in [0.1, 0.15) is 29.0 Å². The Balaban J connectivity index is 1.24. The third-order valence-electron chi connectivity index (χ3n) is 7.72. The first-order chi connectivity index (χ1) is 16.7. The van der Waals surface area contributed by atoms with Crippen LogP contribution in [0, 0.1) is 24.5 Å². The Labute approximate surface area is 206 Å². The van der Waals surface area contributed by atoms with E-state index in [0.717, 1.165) is 75.3 Å². The minimum atomic E-state index is -1.00. The van der Waals surface area contributed by atoms with Crippen LogP contribution >= 0.6 is 0 Å². The van der Waals surface area contributed by atoms with Crippen LogP contribution < -0.4 is 4.74 Å². The zero-order valence-electron chi connectivity index (χ0n) is 20.7. The number of aryl methyl sites for hydroxylation is 1. The van der Waals surface area contributed by atoms with E-state index in [4.69, 9.17) is 4.74 Å². The predicted molar refractivity (Wildman–Crippen MR) is 132 cm³/mol. The van der Waals surface area contributed by atoms with Gasteiger partial charge in [-0.15, -0.1) is 0 Å². The van der Waals surface area contributed by atoms with Crippen molar-refractivity contribution in [2.24, 2.45) is 5.92 Å². The van der Waals surface area contributed by atoms with Crippen LogP contribution in [0.25, 0.3) is 0 Å². The number of halogens is 2. The number of carbonyl (C=O) groups is 1. The highest BCUT2D eigenvalue weighted by Gasteiger charge is 2.41. The monoisotopic (exact) mass is 486 g/mol. The second kappa shape index (κ2) is 11.0. The molecule has 1 unspecified atom stereocenters. The molecule has 1 atom stereocenters. The SMILES string of the molecule is Cc1cc(F)ccc1OC1CCN(CC2CCN(C(C)(Cc3ccc(F)cc3)C(=O)O)CC2)CC1. The van der Waals surface area contributed by atoms with E-state index in [9.17, 15) is 18.7 Å². The molecule has 0 saturated carbocycles. The molecule has 2 saturated heterocycles. The molecule has 2 fully saturated rings. The molecular formula is C28H36F2N2O3. The number of hydrogen-bond donors (Lipinski definition) is 1. The zero-order chi connectivity index (χ0) is 25.0. The molecule has 4 rings (SSSR count). The van der Waals surface area contributed by atoms with E-state index in [1.807, 2.05) is 6.92 Å². The van der Waals surface area contributed by atoms with Crippen molar-refractivity contribution >= 4 is 5.97 Å². The fraction of sp³-hybridized carbons (Fsp3) is 0.536. The summed E-state index contributed by atoms with van der Waals surface area (Å²) in [4.78, 5) is 16.8. The number of hydrogen-bond acceptors (Lipinski definition) is 4. The lowest BCUT2D eigenvalue weighted by Gasteiger charge is -2.43. The molecule has 190 valence electrons. The van der Waals surface area contributed by atoms with Crippen molar-refractivity contribution in [1.29, 1.82) is 0 Å². The van der Waals surface area contributed by atoms with E-state index in [-0.39, 0.29) is 17.7 Å². The third kappa shape index (κ3) is 6.39. The number of piperidine rings is 2. The van der Waals surface area contributed by atoms with Gasteiger partial charge in [-0.1, -0.05) is 12.1 Å². The predicted octanol–water partition coefficient (Wildman–Crippen LogP) is 4.91. The Morgan fingerprint density at radius 3 is 2.23 bits per heavy atom. The fourth-order valence-corrected chi connectivity index (χ4v) is 5.43. The second-order valence-corrected chi connectivity index (χ2v) is 10.3. The first kappa shape index (κ1) is 25.6. The summed E-state index contributed by atoms with van der Waals surface area (Å²) in [6, 6.07) is 10.8. The van der Waals surface area contributed by atoms with Gasteiger partial charge < -0.3 is 14.7 Å². The molecule has 2 aromatic carbocycles. The summed E-state index contributed by atoms with van der Waals surface area (Å²) in [5.41, 5.74) is 0.656.